The molecule has 2 N–H and O–H groups in total. The van der Waals surface area contributed by atoms with E-state index >= 15 is 0 Å². The molecule has 0 saturated carbocycles. The van der Waals surface area contributed by atoms with Crippen LogP contribution in [0.4, 0.5) is 13.2 Å². The number of carboxylic acids is 1. The normalized spacial score (nSPS) is 12.8. The minimum atomic E-state index is -1.29. The Morgan fingerprint density at radius 1 is 1.12 bits per heavy atom. The van der Waals surface area contributed by atoms with Crippen LogP contribution < -0.4 is 5.32 Å². The van der Waals surface area contributed by atoms with Crippen molar-refractivity contribution in [3.05, 3.63) is 82.8 Å². The van der Waals surface area contributed by atoms with Gasteiger partial charge >= 0.3 is 5.97 Å². The lowest BCUT2D eigenvalue weighted by Crippen LogP contribution is -2.21. The van der Waals surface area contributed by atoms with Crippen molar-refractivity contribution in [1.82, 2.24) is 5.32 Å². The average Bonchev–Trinajstić information content (AvgIpc) is 2.52. The maximum atomic E-state index is 13.8. The Morgan fingerprint density at radius 3 is 2.38 bits per heavy atom. The van der Waals surface area contributed by atoms with E-state index in [2.05, 4.69) is 5.32 Å². The lowest BCUT2D eigenvalue weighted by atomic mass is 10.1. The van der Waals surface area contributed by atoms with E-state index in [-0.39, 0.29) is 23.7 Å². The number of halogens is 3. The van der Waals surface area contributed by atoms with Crippen molar-refractivity contribution in [3.63, 3.8) is 0 Å². The molecule has 0 saturated heterocycles. The Bertz CT molecular complexity index is 760. The second-order valence-corrected chi connectivity index (χ2v) is 5.32. The summed E-state index contributed by atoms with van der Waals surface area (Å²) in [5.74, 6) is -4.62. The fourth-order valence-corrected chi connectivity index (χ4v) is 2.30. The van der Waals surface area contributed by atoms with Gasteiger partial charge in [-0.05, 0) is 24.1 Å². The maximum absolute atomic E-state index is 13.8. The molecule has 6 heteroatoms. The lowest BCUT2D eigenvalue weighted by molar-refractivity contribution is -0.131. The molecule has 2 aromatic carbocycles. The van der Waals surface area contributed by atoms with Crippen LogP contribution in [-0.2, 0) is 11.2 Å². The first-order valence-corrected chi connectivity index (χ1v) is 7.25. The predicted octanol–water partition coefficient (Wildman–Crippen LogP) is 3.97. The molecule has 0 aliphatic rings. The number of carbonyl (C=O) groups is 1. The van der Waals surface area contributed by atoms with E-state index in [9.17, 15) is 18.0 Å². The van der Waals surface area contributed by atoms with Gasteiger partial charge in [0.1, 0.15) is 5.82 Å². The van der Waals surface area contributed by atoms with Gasteiger partial charge in [-0.3, -0.25) is 0 Å². The third kappa shape index (κ3) is 4.62. The highest BCUT2D eigenvalue weighted by Gasteiger charge is 2.14. The van der Waals surface area contributed by atoms with E-state index in [1.54, 1.807) is 0 Å². The second kappa shape index (κ2) is 7.68. The standard InChI is InChI=1S/C18H16F3NO2/c1-11(12-5-3-2-4-6-12)22-14(9-18(23)24)7-13-8-16(20)17(21)10-15(13)19/h2-6,8-11,22H,7H2,1H3,(H,23,24)/t11-/m1/s1. The number of hydrogen-bond donors (Lipinski definition) is 2. The molecule has 0 aromatic heterocycles. The van der Waals surface area contributed by atoms with Gasteiger partial charge in [0, 0.05) is 30.3 Å². The monoisotopic (exact) mass is 335 g/mol. The Balaban J connectivity index is 2.24. The third-order valence-corrected chi connectivity index (χ3v) is 3.47. The van der Waals surface area contributed by atoms with Crippen molar-refractivity contribution in [2.75, 3.05) is 0 Å². The zero-order valence-electron chi connectivity index (χ0n) is 12.9. The Kier molecular flexibility index (Phi) is 5.63. The Hall–Kier alpha value is -2.76. The summed E-state index contributed by atoms with van der Waals surface area (Å²) < 4.78 is 40.1. The number of benzene rings is 2. The van der Waals surface area contributed by atoms with E-state index < -0.39 is 23.4 Å². The van der Waals surface area contributed by atoms with Crippen LogP contribution in [0.15, 0.2) is 54.2 Å². The summed E-state index contributed by atoms with van der Waals surface area (Å²) in [6.07, 6.45) is 0.687. The summed E-state index contributed by atoms with van der Waals surface area (Å²) in [6, 6.07) is 10.2. The van der Waals surface area contributed by atoms with Crippen molar-refractivity contribution in [2.45, 2.75) is 19.4 Å². The van der Waals surface area contributed by atoms with Gasteiger partial charge in [-0.2, -0.15) is 0 Å². The molecular weight excluding hydrogens is 319 g/mol. The summed E-state index contributed by atoms with van der Waals surface area (Å²) in [5.41, 5.74) is 0.956. The van der Waals surface area contributed by atoms with Gasteiger partial charge < -0.3 is 10.4 Å². The molecule has 0 heterocycles. The molecule has 126 valence electrons. The maximum Gasteiger partial charge on any atom is 0.330 e. The number of hydrogen-bond acceptors (Lipinski definition) is 2. The van der Waals surface area contributed by atoms with Crippen LogP contribution in [0.2, 0.25) is 0 Å². The molecule has 0 aliphatic heterocycles. The van der Waals surface area contributed by atoms with Crippen molar-refractivity contribution >= 4 is 5.97 Å². The van der Waals surface area contributed by atoms with Gasteiger partial charge in [-0.15, -0.1) is 0 Å². The molecule has 0 unspecified atom stereocenters. The molecule has 0 bridgehead atoms. The van der Waals surface area contributed by atoms with Crippen LogP contribution in [0, 0.1) is 17.5 Å². The number of allylic oxidation sites excluding steroid dienone is 1. The predicted molar refractivity (Wildman–Crippen MR) is 83.7 cm³/mol. The molecule has 2 rings (SSSR count). The molecule has 2 aromatic rings. The van der Waals surface area contributed by atoms with E-state index in [0.717, 1.165) is 17.7 Å². The van der Waals surface area contributed by atoms with E-state index in [4.69, 9.17) is 5.11 Å². The van der Waals surface area contributed by atoms with E-state index in [1.165, 1.54) is 0 Å². The summed E-state index contributed by atoms with van der Waals surface area (Å²) in [4.78, 5) is 11.0. The highest BCUT2D eigenvalue weighted by molar-refractivity contribution is 5.80. The van der Waals surface area contributed by atoms with Crippen LogP contribution >= 0.6 is 0 Å². The lowest BCUT2D eigenvalue weighted by Gasteiger charge is -2.18. The summed E-state index contributed by atoms with van der Waals surface area (Å²) >= 11 is 0. The second-order valence-electron chi connectivity index (χ2n) is 5.32. The molecule has 0 fully saturated rings. The zero-order chi connectivity index (χ0) is 17.7. The first-order valence-electron chi connectivity index (χ1n) is 7.25. The van der Waals surface area contributed by atoms with Gasteiger partial charge in [0.05, 0.1) is 0 Å². The molecule has 0 aliphatic carbocycles. The first kappa shape index (κ1) is 17.6. The molecular formula is C18H16F3NO2. The number of nitrogens with one attached hydrogen (secondary N) is 1. The minimum Gasteiger partial charge on any atom is -0.478 e. The topological polar surface area (TPSA) is 49.3 Å². The summed E-state index contributed by atoms with van der Waals surface area (Å²) in [6.45, 7) is 1.81. The largest absolute Gasteiger partial charge is 0.478 e. The van der Waals surface area contributed by atoms with Gasteiger partial charge in [0.15, 0.2) is 11.6 Å². The molecule has 0 radical (unpaired) electrons. The smallest absolute Gasteiger partial charge is 0.330 e. The Morgan fingerprint density at radius 2 is 1.75 bits per heavy atom. The van der Waals surface area contributed by atoms with Gasteiger partial charge in [-0.25, -0.2) is 18.0 Å². The van der Waals surface area contributed by atoms with Crippen molar-refractivity contribution in [3.8, 4) is 0 Å². The third-order valence-electron chi connectivity index (χ3n) is 3.47. The van der Waals surface area contributed by atoms with Gasteiger partial charge in [0.25, 0.3) is 0 Å². The number of rotatable bonds is 6. The van der Waals surface area contributed by atoms with Crippen LogP contribution in [0.25, 0.3) is 0 Å². The highest BCUT2D eigenvalue weighted by atomic mass is 19.2. The molecule has 24 heavy (non-hydrogen) atoms. The highest BCUT2D eigenvalue weighted by Crippen LogP contribution is 2.19. The van der Waals surface area contributed by atoms with E-state index in [0.29, 0.717) is 6.07 Å². The quantitative estimate of drug-likeness (QED) is 0.620. The fraction of sp³-hybridized carbons (Fsp3) is 0.167. The zero-order valence-corrected chi connectivity index (χ0v) is 12.9. The molecule has 0 spiro atoms. The number of aliphatic carboxylic acids is 1. The van der Waals surface area contributed by atoms with Crippen LogP contribution in [0.3, 0.4) is 0 Å². The minimum absolute atomic E-state index is 0.130. The van der Waals surface area contributed by atoms with Gasteiger partial charge in [-0.1, -0.05) is 30.3 Å². The Labute approximate surface area is 137 Å². The molecule has 0 amide bonds. The first-order chi connectivity index (χ1) is 11.4. The molecule has 3 nitrogen and oxygen atoms in total. The average molecular weight is 335 g/mol. The van der Waals surface area contributed by atoms with Gasteiger partial charge in [0.2, 0.25) is 0 Å². The number of carboxylic acid groups (broad SMARTS) is 1. The fourth-order valence-electron chi connectivity index (χ4n) is 2.30. The van der Waals surface area contributed by atoms with Crippen molar-refractivity contribution in [2.24, 2.45) is 0 Å². The van der Waals surface area contributed by atoms with Crippen LogP contribution in [0.5, 0.6) is 0 Å². The van der Waals surface area contributed by atoms with Crippen LogP contribution in [0.1, 0.15) is 24.1 Å². The molecule has 1 atom stereocenters. The van der Waals surface area contributed by atoms with Crippen molar-refractivity contribution in [1.29, 1.82) is 0 Å². The van der Waals surface area contributed by atoms with Crippen LogP contribution in [-0.4, -0.2) is 11.1 Å². The SMILES string of the molecule is C[C@@H](NC(=CC(=O)O)Cc1cc(F)c(F)cc1F)c1ccccc1. The van der Waals surface area contributed by atoms with E-state index in [1.807, 2.05) is 37.3 Å². The van der Waals surface area contributed by atoms with Crippen molar-refractivity contribution < 1.29 is 23.1 Å². The summed E-state index contributed by atoms with van der Waals surface area (Å²) in [7, 11) is 0. The summed E-state index contributed by atoms with van der Waals surface area (Å²) in [5, 5.41) is 11.9.